The van der Waals surface area contributed by atoms with Gasteiger partial charge in [-0.1, -0.05) is 210 Å². The Labute approximate surface area is 377 Å². The molecular formula is C55H96O6. The van der Waals surface area contributed by atoms with Crippen molar-refractivity contribution in [3.63, 3.8) is 0 Å². The second kappa shape index (κ2) is 49.8. The van der Waals surface area contributed by atoms with E-state index >= 15 is 0 Å². The summed E-state index contributed by atoms with van der Waals surface area (Å²) in [5, 5.41) is 0. The van der Waals surface area contributed by atoms with Gasteiger partial charge in [0.05, 0.1) is 0 Å². The van der Waals surface area contributed by atoms with Crippen LogP contribution in [0.3, 0.4) is 0 Å². The lowest BCUT2D eigenvalue weighted by molar-refractivity contribution is -0.167. The second-order valence-corrected chi connectivity index (χ2v) is 17.1. The number of hydrogen-bond donors (Lipinski definition) is 0. The Morgan fingerprint density at radius 1 is 0.344 bits per heavy atom. The van der Waals surface area contributed by atoms with E-state index in [1.807, 2.05) is 0 Å². The summed E-state index contributed by atoms with van der Waals surface area (Å²) in [6, 6.07) is 0. The highest BCUT2D eigenvalue weighted by atomic mass is 16.6. The molecule has 352 valence electrons. The first-order valence-corrected chi connectivity index (χ1v) is 25.8. The molecule has 0 saturated carbocycles. The van der Waals surface area contributed by atoms with Crippen LogP contribution in [0.4, 0.5) is 0 Å². The number of ether oxygens (including phenoxy) is 3. The topological polar surface area (TPSA) is 78.9 Å². The van der Waals surface area contributed by atoms with Gasteiger partial charge in [0.15, 0.2) is 6.10 Å². The Bertz CT molecular complexity index is 1120. The zero-order valence-corrected chi connectivity index (χ0v) is 40.2. The summed E-state index contributed by atoms with van der Waals surface area (Å²) in [5.74, 6) is -0.911. The molecule has 0 saturated heterocycles. The SMILES string of the molecule is CC/C=C\C/C=C\C/C=C\CCCCCCCC(=O)OC[C@H](COC(=O)CCCCCCCCCCCCCCC)OC(=O)CCCCCCC/C=C\C/C=C\CCCCC. The minimum absolute atomic E-state index is 0.0838. The van der Waals surface area contributed by atoms with Gasteiger partial charge in [-0.15, -0.1) is 0 Å². The standard InChI is InChI=1S/C55H96O6/c1-4-7-10-13-16-19-22-25-27-30-33-36-39-42-45-48-54(57)60-51-52(50-59-53(56)47-44-41-38-35-32-29-24-21-18-15-12-9-6-3)61-55(58)49-46-43-40-37-34-31-28-26-23-20-17-14-11-8-5-2/h7,10,16-17,19-20,25-28,52H,4-6,8-9,11-15,18,21-24,29-51H2,1-3H3/b10-7-,19-16-,20-17-,27-25-,28-26-/t52-/m0/s1. The van der Waals surface area contributed by atoms with E-state index in [1.54, 1.807) is 0 Å². The van der Waals surface area contributed by atoms with Crippen LogP contribution in [0.5, 0.6) is 0 Å². The van der Waals surface area contributed by atoms with Crippen molar-refractivity contribution in [2.75, 3.05) is 13.2 Å². The highest BCUT2D eigenvalue weighted by molar-refractivity contribution is 5.71. The van der Waals surface area contributed by atoms with E-state index in [9.17, 15) is 14.4 Å². The molecule has 0 aromatic rings. The van der Waals surface area contributed by atoms with Crippen molar-refractivity contribution in [2.24, 2.45) is 0 Å². The number of hydrogen-bond acceptors (Lipinski definition) is 6. The average molecular weight is 853 g/mol. The number of allylic oxidation sites excluding steroid dienone is 10. The van der Waals surface area contributed by atoms with Crippen molar-refractivity contribution in [1.82, 2.24) is 0 Å². The van der Waals surface area contributed by atoms with Crippen LogP contribution in [0.1, 0.15) is 252 Å². The molecule has 0 N–H and O–H groups in total. The van der Waals surface area contributed by atoms with Crippen LogP contribution in [0, 0.1) is 0 Å². The molecule has 0 fully saturated rings. The molecule has 0 radical (unpaired) electrons. The summed E-state index contributed by atoms with van der Waals surface area (Å²) in [5.41, 5.74) is 0. The van der Waals surface area contributed by atoms with Crippen molar-refractivity contribution in [3.05, 3.63) is 60.8 Å². The lowest BCUT2D eigenvalue weighted by Gasteiger charge is -2.18. The molecule has 1 atom stereocenters. The first-order valence-electron chi connectivity index (χ1n) is 25.8. The highest BCUT2D eigenvalue weighted by Gasteiger charge is 2.19. The zero-order valence-electron chi connectivity index (χ0n) is 40.2. The maximum Gasteiger partial charge on any atom is 0.306 e. The van der Waals surface area contributed by atoms with E-state index in [4.69, 9.17) is 14.2 Å². The number of carbonyl (C=O) groups is 3. The smallest absolute Gasteiger partial charge is 0.306 e. The van der Waals surface area contributed by atoms with Crippen molar-refractivity contribution in [2.45, 2.75) is 258 Å². The normalized spacial score (nSPS) is 12.5. The molecule has 0 rings (SSSR count). The van der Waals surface area contributed by atoms with Crippen molar-refractivity contribution in [3.8, 4) is 0 Å². The van der Waals surface area contributed by atoms with Gasteiger partial charge in [-0.3, -0.25) is 14.4 Å². The molecule has 61 heavy (non-hydrogen) atoms. The minimum Gasteiger partial charge on any atom is -0.462 e. The predicted molar refractivity (Wildman–Crippen MR) is 261 cm³/mol. The molecule has 0 aliphatic rings. The molecule has 0 amide bonds. The van der Waals surface area contributed by atoms with E-state index in [1.165, 1.54) is 89.9 Å². The van der Waals surface area contributed by atoms with E-state index in [0.29, 0.717) is 19.3 Å². The summed E-state index contributed by atoms with van der Waals surface area (Å²) in [4.78, 5) is 38.0. The van der Waals surface area contributed by atoms with Crippen LogP contribution in [0.2, 0.25) is 0 Å². The first kappa shape index (κ1) is 58.1. The van der Waals surface area contributed by atoms with Crippen LogP contribution >= 0.6 is 0 Å². The van der Waals surface area contributed by atoms with Gasteiger partial charge in [0.1, 0.15) is 13.2 Å². The Kier molecular flexibility index (Phi) is 47.4. The third-order valence-electron chi connectivity index (χ3n) is 11.0. The molecule has 6 heteroatoms. The highest BCUT2D eigenvalue weighted by Crippen LogP contribution is 2.15. The third-order valence-corrected chi connectivity index (χ3v) is 11.0. The molecule has 0 unspecified atom stereocenters. The molecule has 0 aromatic carbocycles. The average Bonchev–Trinajstić information content (AvgIpc) is 3.26. The summed E-state index contributed by atoms with van der Waals surface area (Å²) in [7, 11) is 0. The molecule has 0 aliphatic carbocycles. The Balaban J connectivity index is 4.42. The summed E-state index contributed by atoms with van der Waals surface area (Å²) in [6.07, 6.45) is 60.5. The molecule has 0 bridgehead atoms. The monoisotopic (exact) mass is 853 g/mol. The lowest BCUT2D eigenvalue weighted by Crippen LogP contribution is -2.30. The molecule has 6 nitrogen and oxygen atoms in total. The van der Waals surface area contributed by atoms with Gasteiger partial charge in [0, 0.05) is 19.3 Å². The van der Waals surface area contributed by atoms with Gasteiger partial charge in [-0.2, -0.15) is 0 Å². The van der Waals surface area contributed by atoms with Crippen LogP contribution < -0.4 is 0 Å². The van der Waals surface area contributed by atoms with Crippen LogP contribution in [0.15, 0.2) is 60.8 Å². The number of rotatable bonds is 46. The van der Waals surface area contributed by atoms with Gasteiger partial charge in [0.2, 0.25) is 0 Å². The molecule has 0 spiro atoms. The number of esters is 3. The van der Waals surface area contributed by atoms with E-state index in [-0.39, 0.29) is 31.1 Å². The van der Waals surface area contributed by atoms with Gasteiger partial charge >= 0.3 is 17.9 Å². The molecule has 0 aliphatic heterocycles. The van der Waals surface area contributed by atoms with Gasteiger partial charge in [0.25, 0.3) is 0 Å². The minimum atomic E-state index is -0.786. The van der Waals surface area contributed by atoms with Crippen molar-refractivity contribution in [1.29, 1.82) is 0 Å². The fourth-order valence-corrected chi connectivity index (χ4v) is 7.13. The maximum absolute atomic E-state index is 12.8. The van der Waals surface area contributed by atoms with E-state index in [2.05, 4.69) is 81.5 Å². The van der Waals surface area contributed by atoms with Crippen LogP contribution in [0.25, 0.3) is 0 Å². The van der Waals surface area contributed by atoms with Crippen molar-refractivity contribution >= 4 is 17.9 Å². The first-order chi connectivity index (χ1) is 30.0. The van der Waals surface area contributed by atoms with Crippen LogP contribution in [-0.4, -0.2) is 37.2 Å². The molecule has 0 heterocycles. The fraction of sp³-hybridized carbons (Fsp3) is 0.764. The zero-order chi connectivity index (χ0) is 44.4. The second-order valence-electron chi connectivity index (χ2n) is 17.1. The van der Waals surface area contributed by atoms with E-state index in [0.717, 1.165) is 122 Å². The summed E-state index contributed by atoms with van der Waals surface area (Å²) < 4.78 is 16.8. The lowest BCUT2D eigenvalue weighted by atomic mass is 10.0. The summed E-state index contributed by atoms with van der Waals surface area (Å²) in [6.45, 7) is 6.48. The number of carbonyl (C=O) groups excluding carboxylic acids is 3. The molecule has 0 aromatic heterocycles. The Hall–Kier alpha value is -2.89. The van der Waals surface area contributed by atoms with Gasteiger partial charge < -0.3 is 14.2 Å². The molecular weight excluding hydrogens is 757 g/mol. The van der Waals surface area contributed by atoms with Crippen LogP contribution in [-0.2, 0) is 28.6 Å². The van der Waals surface area contributed by atoms with Gasteiger partial charge in [-0.05, 0) is 83.5 Å². The number of unbranched alkanes of at least 4 members (excludes halogenated alkanes) is 25. The third kappa shape index (κ3) is 48.0. The Morgan fingerprint density at radius 2 is 0.639 bits per heavy atom. The Morgan fingerprint density at radius 3 is 1.03 bits per heavy atom. The largest absolute Gasteiger partial charge is 0.462 e. The van der Waals surface area contributed by atoms with E-state index < -0.39 is 6.10 Å². The predicted octanol–water partition coefficient (Wildman–Crippen LogP) is 16.9. The van der Waals surface area contributed by atoms with Crippen molar-refractivity contribution < 1.29 is 28.6 Å². The fourth-order valence-electron chi connectivity index (χ4n) is 7.13. The maximum atomic E-state index is 12.8. The quantitative estimate of drug-likeness (QED) is 0.0263. The summed E-state index contributed by atoms with van der Waals surface area (Å²) >= 11 is 0. The van der Waals surface area contributed by atoms with Gasteiger partial charge in [-0.25, -0.2) is 0 Å².